The van der Waals surface area contributed by atoms with E-state index in [0.717, 1.165) is 49.6 Å². The van der Waals surface area contributed by atoms with Crippen molar-refractivity contribution in [3.05, 3.63) is 83.6 Å². The number of nitrogens with zero attached hydrogens (tertiary/aromatic N) is 2. The van der Waals surface area contributed by atoms with E-state index in [2.05, 4.69) is 22.4 Å². The number of hydrogen-bond acceptors (Lipinski definition) is 4. The monoisotopic (exact) mass is 387 g/mol. The first-order chi connectivity index (χ1) is 14.2. The summed E-state index contributed by atoms with van der Waals surface area (Å²) in [7, 11) is 1.67. The van der Waals surface area contributed by atoms with Crippen molar-refractivity contribution in [3.63, 3.8) is 0 Å². The van der Waals surface area contributed by atoms with Crippen LogP contribution in [0.4, 0.5) is 11.5 Å². The van der Waals surface area contributed by atoms with Crippen molar-refractivity contribution in [3.8, 4) is 5.75 Å². The number of para-hydroxylation sites is 1. The number of carbonyl (C=O) groups is 1. The van der Waals surface area contributed by atoms with Crippen LogP contribution in [0.15, 0.2) is 66.9 Å². The second-order valence-electron chi connectivity index (χ2n) is 7.15. The average Bonchev–Trinajstić information content (AvgIpc) is 2.79. The van der Waals surface area contributed by atoms with Crippen LogP contribution in [0.25, 0.3) is 0 Å². The second kappa shape index (κ2) is 8.78. The number of fused-ring (bicyclic) bond motifs is 1. The van der Waals surface area contributed by atoms with Crippen LogP contribution in [0, 0.1) is 0 Å². The predicted molar refractivity (Wildman–Crippen MR) is 116 cm³/mol. The normalized spacial score (nSPS) is 12.9. The third kappa shape index (κ3) is 4.40. The van der Waals surface area contributed by atoms with E-state index in [1.165, 1.54) is 11.1 Å². The van der Waals surface area contributed by atoms with E-state index in [4.69, 9.17) is 4.74 Å². The number of aromatic nitrogens is 1. The molecule has 1 amide bonds. The predicted octanol–water partition coefficient (Wildman–Crippen LogP) is 4.34. The number of carbonyl (C=O) groups excluding carboxylic acids is 1. The molecule has 0 saturated carbocycles. The van der Waals surface area contributed by atoms with Crippen molar-refractivity contribution >= 4 is 17.4 Å². The Morgan fingerprint density at radius 1 is 1.14 bits per heavy atom. The molecule has 1 N–H and O–H groups in total. The number of aryl methyl sites for hydroxylation is 1. The third-order valence-electron chi connectivity index (χ3n) is 5.22. The summed E-state index contributed by atoms with van der Waals surface area (Å²) in [6.45, 7) is 1.50. The van der Waals surface area contributed by atoms with E-state index in [9.17, 15) is 4.79 Å². The number of pyridine rings is 1. The van der Waals surface area contributed by atoms with Crippen LogP contribution in [0.2, 0.25) is 0 Å². The van der Waals surface area contributed by atoms with Crippen molar-refractivity contribution in [1.82, 2.24) is 4.98 Å². The van der Waals surface area contributed by atoms with Crippen LogP contribution in [0.5, 0.6) is 5.75 Å². The fourth-order valence-corrected chi connectivity index (χ4v) is 3.69. The lowest BCUT2D eigenvalue weighted by molar-refractivity contribution is 0.0985. The number of ether oxygens (including phenoxy) is 1. The highest BCUT2D eigenvalue weighted by atomic mass is 16.5. The molecule has 148 valence electrons. The number of benzene rings is 2. The standard InChI is InChI=1S/C24H25N3O2/c1-29-21-9-4-6-18(16-21)13-14-25-23-12-11-20(17-26-23)24(28)27-15-5-8-19-7-2-3-10-22(19)27/h2-4,6-7,9-12,16-17H,5,8,13-15H2,1H3,(H,25,26). The number of hydrogen-bond donors (Lipinski definition) is 1. The smallest absolute Gasteiger partial charge is 0.259 e. The van der Waals surface area contributed by atoms with E-state index in [1.54, 1.807) is 13.3 Å². The van der Waals surface area contributed by atoms with Gasteiger partial charge in [-0.25, -0.2) is 4.98 Å². The van der Waals surface area contributed by atoms with Gasteiger partial charge >= 0.3 is 0 Å². The lowest BCUT2D eigenvalue weighted by atomic mass is 10.0. The molecule has 2 aromatic carbocycles. The summed E-state index contributed by atoms with van der Waals surface area (Å²) < 4.78 is 5.26. The number of methoxy groups -OCH3 is 1. The van der Waals surface area contributed by atoms with Gasteiger partial charge < -0.3 is 15.0 Å². The van der Waals surface area contributed by atoms with Crippen LogP contribution in [-0.2, 0) is 12.8 Å². The van der Waals surface area contributed by atoms with Gasteiger partial charge in [-0.1, -0.05) is 30.3 Å². The van der Waals surface area contributed by atoms with Gasteiger partial charge in [-0.3, -0.25) is 4.79 Å². The summed E-state index contributed by atoms with van der Waals surface area (Å²) >= 11 is 0. The van der Waals surface area contributed by atoms with Crippen LogP contribution in [0.3, 0.4) is 0 Å². The van der Waals surface area contributed by atoms with Gasteiger partial charge in [0.2, 0.25) is 0 Å². The molecular weight excluding hydrogens is 362 g/mol. The van der Waals surface area contributed by atoms with Crippen molar-refractivity contribution < 1.29 is 9.53 Å². The molecule has 0 radical (unpaired) electrons. The van der Waals surface area contributed by atoms with E-state index in [-0.39, 0.29) is 5.91 Å². The van der Waals surface area contributed by atoms with Gasteiger partial charge in [0.15, 0.2) is 0 Å². The maximum absolute atomic E-state index is 13.0. The van der Waals surface area contributed by atoms with Crippen molar-refractivity contribution in [2.24, 2.45) is 0 Å². The summed E-state index contributed by atoms with van der Waals surface area (Å²) in [5, 5.41) is 3.32. The molecular formula is C24H25N3O2. The molecule has 0 fully saturated rings. The van der Waals surface area contributed by atoms with Gasteiger partial charge in [0, 0.05) is 25.0 Å². The average molecular weight is 387 g/mol. The molecule has 1 aliphatic heterocycles. The molecule has 3 aromatic rings. The maximum atomic E-state index is 13.0. The van der Waals surface area contributed by atoms with Crippen molar-refractivity contribution in [2.75, 3.05) is 30.4 Å². The maximum Gasteiger partial charge on any atom is 0.259 e. The Balaban J connectivity index is 1.37. The second-order valence-corrected chi connectivity index (χ2v) is 7.15. The molecule has 29 heavy (non-hydrogen) atoms. The van der Waals surface area contributed by atoms with E-state index in [0.29, 0.717) is 5.56 Å². The molecule has 1 aromatic heterocycles. The minimum atomic E-state index is 0.00702. The van der Waals surface area contributed by atoms with E-state index >= 15 is 0 Å². The number of nitrogens with one attached hydrogen (secondary N) is 1. The first-order valence-electron chi connectivity index (χ1n) is 9.97. The molecule has 5 heteroatoms. The molecule has 0 aliphatic carbocycles. The molecule has 0 atom stereocenters. The summed E-state index contributed by atoms with van der Waals surface area (Å²) in [6.07, 6.45) is 4.53. The first kappa shape index (κ1) is 19.0. The third-order valence-corrected chi connectivity index (χ3v) is 5.22. The van der Waals surface area contributed by atoms with Crippen LogP contribution in [0.1, 0.15) is 27.9 Å². The zero-order valence-electron chi connectivity index (χ0n) is 16.6. The quantitative estimate of drug-likeness (QED) is 0.684. The summed E-state index contributed by atoms with van der Waals surface area (Å²) in [5.41, 5.74) is 4.06. The Kier molecular flexibility index (Phi) is 5.75. The Morgan fingerprint density at radius 3 is 2.86 bits per heavy atom. The van der Waals surface area contributed by atoms with Gasteiger partial charge in [-0.05, 0) is 60.7 Å². The number of amides is 1. The van der Waals surface area contributed by atoms with Gasteiger partial charge in [0.25, 0.3) is 5.91 Å². The number of rotatable bonds is 6. The summed E-state index contributed by atoms with van der Waals surface area (Å²) in [4.78, 5) is 19.3. The molecule has 0 spiro atoms. The molecule has 0 bridgehead atoms. The summed E-state index contributed by atoms with van der Waals surface area (Å²) in [5.74, 6) is 1.64. The van der Waals surface area contributed by atoms with E-state index < -0.39 is 0 Å². The molecule has 4 rings (SSSR count). The molecule has 1 aliphatic rings. The Bertz CT molecular complexity index is 985. The minimum Gasteiger partial charge on any atom is -0.497 e. The highest BCUT2D eigenvalue weighted by molar-refractivity contribution is 6.06. The highest BCUT2D eigenvalue weighted by Crippen LogP contribution is 2.28. The fourth-order valence-electron chi connectivity index (χ4n) is 3.69. The summed E-state index contributed by atoms with van der Waals surface area (Å²) in [6, 6.07) is 19.9. The molecule has 5 nitrogen and oxygen atoms in total. The van der Waals surface area contributed by atoms with Gasteiger partial charge in [-0.2, -0.15) is 0 Å². The zero-order chi connectivity index (χ0) is 20.1. The Labute approximate surface area is 171 Å². The first-order valence-corrected chi connectivity index (χ1v) is 9.97. The Hall–Kier alpha value is -3.34. The van der Waals surface area contributed by atoms with Gasteiger partial charge in [-0.15, -0.1) is 0 Å². The lowest BCUT2D eigenvalue weighted by Gasteiger charge is -2.29. The lowest BCUT2D eigenvalue weighted by Crippen LogP contribution is -2.35. The molecule has 0 unspecified atom stereocenters. The van der Waals surface area contributed by atoms with E-state index in [1.807, 2.05) is 53.4 Å². The number of anilines is 2. The van der Waals surface area contributed by atoms with Gasteiger partial charge in [0.1, 0.15) is 11.6 Å². The Morgan fingerprint density at radius 2 is 2.03 bits per heavy atom. The molecule has 0 saturated heterocycles. The van der Waals surface area contributed by atoms with Gasteiger partial charge in [0.05, 0.1) is 12.7 Å². The highest BCUT2D eigenvalue weighted by Gasteiger charge is 2.23. The van der Waals surface area contributed by atoms with Crippen LogP contribution < -0.4 is 15.0 Å². The topological polar surface area (TPSA) is 54.5 Å². The van der Waals surface area contributed by atoms with Crippen LogP contribution in [-0.4, -0.2) is 31.1 Å². The fraction of sp³-hybridized carbons (Fsp3) is 0.250. The SMILES string of the molecule is COc1cccc(CCNc2ccc(C(=O)N3CCCc4ccccc43)cn2)c1. The van der Waals surface area contributed by atoms with Crippen molar-refractivity contribution in [1.29, 1.82) is 0 Å². The minimum absolute atomic E-state index is 0.00702. The zero-order valence-corrected chi connectivity index (χ0v) is 16.6. The largest absolute Gasteiger partial charge is 0.497 e. The van der Waals surface area contributed by atoms with Crippen LogP contribution >= 0.6 is 0 Å². The molecule has 2 heterocycles. The van der Waals surface area contributed by atoms with Crippen molar-refractivity contribution in [2.45, 2.75) is 19.3 Å².